The Labute approximate surface area is 252 Å². The third-order valence-electron chi connectivity index (χ3n) is 5.93. The van der Waals surface area contributed by atoms with Crippen molar-refractivity contribution in [1.82, 2.24) is 14.9 Å². The Hall–Kier alpha value is -3.71. The standard InChI is InChI=1S/C27H23Cl3F3N5O4/c1-38-20-9-21(42-11-22(32)33)15(26(40)35-14-4-6-18(31)17(29)7-14)8-19(20)36-27(38)37-25-16(28)5-3-13(24(25)30)10-34-23(39)12-41-2/h3-9,22H,10-12H2,1-2H3,(H,34,39)(H,35,40)(H,36,37). The lowest BCUT2D eigenvalue weighted by atomic mass is 10.1. The van der Waals surface area contributed by atoms with Crippen molar-refractivity contribution >= 4 is 75.0 Å². The maximum Gasteiger partial charge on any atom is 0.272 e. The zero-order chi connectivity index (χ0) is 30.6. The largest absolute Gasteiger partial charge is 0.487 e. The third kappa shape index (κ3) is 7.19. The summed E-state index contributed by atoms with van der Waals surface area (Å²) in [4.78, 5) is 29.5. The van der Waals surface area contributed by atoms with E-state index < -0.39 is 24.8 Å². The van der Waals surface area contributed by atoms with Crippen molar-refractivity contribution in [3.05, 3.63) is 74.5 Å². The van der Waals surface area contributed by atoms with E-state index >= 15 is 0 Å². The molecular weight excluding hydrogens is 622 g/mol. The van der Waals surface area contributed by atoms with Crippen LogP contribution >= 0.6 is 34.8 Å². The molecule has 1 heterocycles. The first-order valence-electron chi connectivity index (χ1n) is 12.2. The maximum atomic E-state index is 13.6. The van der Waals surface area contributed by atoms with Crippen LogP contribution in [-0.4, -0.2) is 48.1 Å². The molecule has 0 saturated heterocycles. The molecule has 0 spiro atoms. The Morgan fingerprint density at radius 3 is 2.52 bits per heavy atom. The molecule has 0 aliphatic rings. The molecule has 42 heavy (non-hydrogen) atoms. The van der Waals surface area contributed by atoms with Gasteiger partial charge in [0.2, 0.25) is 11.9 Å². The van der Waals surface area contributed by atoms with E-state index in [1.165, 1.54) is 31.4 Å². The zero-order valence-corrected chi connectivity index (χ0v) is 24.3. The van der Waals surface area contributed by atoms with Crippen LogP contribution in [0.5, 0.6) is 5.75 Å². The van der Waals surface area contributed by atoms with Gasteiger partial charge in [0.1, 0.15) is 24.8 Å². The van der Waals surface area contributed by atoms with E-state index in [4.69, 9.17) is 44.3 Å². The minimum atomic E-state index is -2.80. The molecule has 0 atom stereocenters. The molecular formula is C27H23Cl3F3N5O4. The number of rotatable bonds is 11. The molecule has 222 valence electrons. The van der Waals surface area contributed by atoms with Gasteiger partial charge in [-0.25, -0.2) is 18.2 Å². The highest BCUT2D eigenvalue weighted by Crippen LogP contribution is 2.37. The first kappa shape index (κ1) is 31.2. The molecule has 0 saturated carbocycles. The SMILES string of the molecule is COCC(=O)NCc1ccc(Cl)c(Nc2nc3cc(C(=O)Nc4ccc(F)c(Cl)c4)c(OCC(F)F)cc3n2C)c1Cl. The molecule has 0 unspecified atom stereocenters. The van der Waals surface area contributed by atoms with Crippen LogP contribution in [0.25, 0.3) is 11.0 Å². The summed E-state index contributed by atoms with van der Waals surface area (Å²) in [5, 5.41) is 8.57. The van der Waals surface area contributed by atoms with Gasteiger partial charge in [-0.2, -0.15) is 0 Å². The smallest absolute Gasteiger partial charge is 0.272 e. The predicted octanol–water partition coefficient (Wildman–Crippen LogP) is 6.58. The Bertz CT molecular complexity index is 1650. The fourth-order valence-corrected chi connectivity index (χ4v) is 4.60. The van der Waals surface area contributed by atoms with Gasteiger partial charge in [0.25, 0.3) is 12.3 Å². The Morgan fingerprint density at radius 2 is 1.83 bits per heavy atom. The number of halogens is 6. The molecule has 4 aromatic rings. The van der Waals surface area contributed by atoms with Crippen molar-refractivity contribution in [2.45, 2.75) is 13.0 Å². The first-order chi connectivity index (χ1) is 20.0. The third-order valence-corrected chi connectivity index (χ3v) is 6.96. The first-order valence-corrected chi connectivity index (χ1v) is 13.3. The van der Waals surface area contributed by atoms with Gasteiger partial charge < -0.3 is 30.0 Å². The number of amides is 2. The van der Waals surface area contributed by atoms with Crippen LogP contribution in [0, 0.1) is 5.82 Å². The molecule has 0 fully saturated rings. The summed E-state index contributed by atoms with van der Waals surface area (Å²) < 4.78 is 51.2. The number of hydrogen-bond donors (Lipinski definition) is 3. The summed E-state index contributed by atoms with van der Waals surface area (Å²) in [5.41, 5.74) is 1.68. The molecule has 9 nitrogen and oxygen atoms in total. The van der Waals surface area contributed by atoms with E-state index in [9.17, 15) is 22.8 Å². The van der Waals surface area contributed by atoms with Crippen LogP contribution in [0.4, 0.5) is 30.5 Å². The minimum Gasteiger partial charge on any atom is -0.487 e. The van der Waals surface area contributed by atoms with Crippen LogP contribution < -0.4 is 20.7 Å². The molecule has 2 amide bonds. The summed E-state index contributed by atoms with van der Waals surface area (Å²) in [6, 6.07) is 9.59. The molecule has 0 aliphatic heterocycles. The number of nitrogens with zero attached hydrogens (tertiary/aromatic N) is 2. The topological polar surface area (TPSA) is 107 Å². The summed E-state index contributed by atoms with van der Waals surface area (Å²) >= 11 is 18.8. The molecule has 3 N–H and O–H groups in total. The zero-order valence-electron chi connectivity index (χ0n) is 22.0. The number of hydrogen-bond acceptors (Lipinski definition) is 6. The number of aryl methyl sites for hydroxylation is 1. The lowest BCUT2D eigenvalue weighted by molar-refractivity contribution is -0.124. The van der Waals surface area contributed by atoms with Gasteiger partial charge in [-0.15, -0.1) is 0 Å². The average Bonchev–Trinajstić information content (AvgIpc) is 3.24. The number of anilines is 3. The summed E-state index contributed by atoms with van der Waals surface area (Å²) in [6.45, 7) is -0.967. The van der Waals surface area contributed by atoms with Crippen molar-refractivity contribution in [3.63, 3.8) is 0 Å². The van der Waals surface area contributed by atoms with E-state index in [0.717, 1.165) is 6.07 Å². The number of carbonyl (C=O) groups is 2. The highest BCUT2D eigenvalue weighted by Gasteiger charge is 2.21. The number of carbonyl (C=O) groups excluding carboxylic acids is 2. The molecule has 0 aliphatic carbocycles. The number of benzene rings is 3. The Kier molecular flexibility index (Phi) is 10.0. The second kappa shape index (κ2) is 13.5. The van der Waals surface area contributed by atoms with Crippen LogP contribution in [0.15, 0.2) is 42.5 Å². The van der Waals surface area contributed by atoms with Gasteiger partial charge in [-0.05, 0) is 35.9 Å². The summed E-state index contributed by atoms with van der Waals surface area (Å²) in [6.07, 6.45) is -2.80. The normalized spacial score (nSPS) is 11.2. The van der Waals surface area contributed by atoms with Crippen LogP contribution in [0.3, 0.4) is 0 Å². The number of nitrogens with one attached hydrogen (secondary N) is 3. The maximum absolute atomic E-state index is 13.6. The predicted molar refractivity (Wildman–Crippen MR) is 155 cm³/mol. The number of alkyl halides is 2. The summed E-state index contributed by atoms with van der Waals surface area (Å²) in [5.74, 6) is -1.61. The highest BCUT2D eigenvalue weighted by atomic mass is 35.5. The number of imidazole rings is 1. The van der Waals surface area contributed by atoms with E-state index in [0.29, 0.717) is 22.3 Å². The van der Waals surface area contributed by atoms with Gasteiger partial charge >= 0.3 is 0 Å². The Morgan fingerprint density at radius 1 is 1.07 bits per heavy atom. The van der Waals surface area contributed by atoms with Gasteiger partial charge in [0.15, 0.2) is 0 Å². The van der Waals surface area contributed by atoms with Crippen LogP contribution in [0.1, 0.15) is 15.9 Å². The number of fused-ring (bicyclic) bond motifs is 1. The monoisotopic (exact) mass is 643 g/mol. The van der Waals surface area contributed by atoms with E-state index in [1.54, 1.807) is 23.7 Å². The van der Waals surface area contributed by atoms with Crippen molar-refractivity contribution in [1.29, 1.82) is 0 Å². The van der Waals surface area contributed by atoms with E-state index in [1.807, 2.05) is 0 Å². The number of aromatic nitrogens is 2. The molecule has 0 bridgehead atoms. The molecule has 0 radical (unpaired) electrons. The average molecular weight is 645 g/mol. The lowest BCUT2D eigenvalue weighted by Gasteiger charge is -2.14. The van der Waals surface area contributed by atoms with Crippen molar-refractivity contribution in [2.75, 3.05) is 31.0 Å². The lowest BCUT2D eigenvalue weighted by Crippen LogP contribution is -2.26. The second-order valence-corrected chi connectivity index (χ2v) is 10.0. The van der Waals surface area contributed by atoms with Gasteiger partial charge in [0, 0.05) is 32.5 Å². The van der Waals surface area contributed by atoms with Crippen LogP contribution in [0.2, 0.25) is 15.1 Å². The molecule has 1 aromatic heterocycles. The minimum absolute atomic E-state index is 0.0990. The van der Waals surface area contributed by atoms with E-state index in [-0.39, 0.29) is 57.1 Å². The fraction of sp³-hybridized carbons (Fsp3) is 0.222. The molecule has 4 rings (SSSR count). The van der Waals surface area contributed by atoms with Gasteiger partial charge in [-0.3, -0.25) is 9.59 Å². The van der Waals surface area contributed by atoms with Crippen molar-refractivity contribution < 1.29 is 32.2 Å². The Balaban J connectivity index is 1.68. The second-order valence-electron chi connectivity index (χ2n) is 8.85. The molecule has 3 aromatic carbocycles. The molecule has 15 heteroatoms. The number of ether oxygens (including phenoxy) is 2. The van der Waals surface area contributed by atoms with Crippen molar-refractivity contribution in [3.8, 4) is 5.75 Å². The van der Waals surface area contributed by atoms with E-state index in [2.05, 4.69) is 20.9 Å². The van der Waals surface area contributed by atoms with Crippen molar-refractivity contribution in [2.24, 2.45) is 7.05 Å². The van der Waals surface area contributed by atoms with Crippen LogP contribution in [-0.2, 0) is 23.1 Å². The number of methoxy groups -OCH3 is 1. The van der Waals surface area contributed by atoms with Gasteiger partial charge in [-0.1, -0.05) is 40.9 Å². The summed E-state index contributed by atoms with van der Waals surface area (Å²) in [7, 11) is 3.05. The highest BCUT2D eigenvalue weighted by molar-refractivity contribution is 6.39. The quantitative estimate of drug-likeness (QED) is 0.171. The van der Waals surface area contributed by atoms with Gasteiger partial charge in [0.05, 0.1) is 37.4 Å². The fourth-order valence-electron chi connectivity index (χ4n) is 3.89.